The second kappa shape index (κ2) is 4.85. The highest BCUT2D eigenvalue weighted by Crippen LogP contribution is 2.15. The molecule has 0 aliphatic heterocycles. The lowest BCUT2D eigenvalue weighted by molar-refractivity contribution is 0.0700. The highest BCUT2D eigenvalue weighted by atomic mass is 32.1. The molecule has 2 aromatic heterocycles. The Labute approximate surface area is 96.6 Å². The quantitative estimate of drug-likeness (QED) is 0.879. The summed E-state index contributed by atoms with van der Waals surface area (Å²) in [4.78, 5) is 19.4. The fourth-order valence-corrected chi connectivity index (χ4v) is 2.09. The van der Waals surface area contributed by atoms with Crippen LogP contribution in [0.4, 0.5) is 0 Å². The van der Waals surface area contributed by atoms with Crippen molar-refractivity contribution in [2.75, 3.05) is 0 Å². The molecule has 0 spiro atoms. The lowest BCUT2D eigenvalue weighted by Gasteiger charge is -1.99. The van der Waals surface area contributed by atoms with E-state index in [2.05, 4.69) is 9.97 Å². The van der Waals surface area contributed by atoms with E-state index in [1.807, 2.05) is 18.2 Å². The average Bonchev–Trinajstić information content (AvgIpc) is 2.76. The van der Waals surface area contributed by atoms with Crippen LogP contribution in [0.3, 0.4) is 0 Å². The molecule has 0 aromatic carbocycles. The van der Waals surface area contributed by atoms with Gasteiger partial charge in [-0.05, 0) is 25.0 Å². The number of nitrogens with zero attached hydrogens (tertiary/aromatic N) is 2. The van der Waals surface area contributed by atoms with E-state index in [0.717, 1.165) is 17.0 Å². The third-order valence-corrected chi connectivity index (χ3v) is 3.04. The van der Waals surface area contributed by atoms with Crippen molar-refractivity contribution in [1.82, 2.24) is 9.97 Å². The molecule has 2 rings (SSSR count). The summed E-state index contributed by atoms with van der Waals surface area (Å²) in [6.45, 7) is 0. The van der Waals surface area contributed by atoms with Gasteiger partial charge in [0.2, 0.25) is 0 Å². The van der Waals surface area contributed by atoms with Crippen molar-refractivity contribution < 1.29 is 9.90 Å². The summed E-state index contributed by atoms with van der Waals surface area (Å²) in [5.41, 5.74) is 3.16. The summed E-state index contributed by atoms with van der Waals surface area (Å²) in [6.07, 6.45) is 3.06. The molecule has 2 heterocycles. The molecule has 16 heavy (non-hydrogen) atoms. The topological polar surface area (TPSA) is 63.1 Å². The Bertz CT molecular complexity index is 482. The number of aryl methyl sites for hydroxylation is 2. The molecule has 0 radical (unpaired) electrons. The predicted molar refractivity (Wildman–Crippen MR) is 60.7 cm³/mol. The number of hydrogen-bond donors (Lipinski definition) is 1. The van der Waals surface area contributed by atoms with Crippen LogP contribution in [0.1, 0.15) is 21.1 Å². The minimum absolute atomic E-state index is 0.330. The standard InChI is InChI=1S/C11H10N2O2S/c14-11(15)10-9(13-7-16-10)5-4-8-3-1-2-6-12-8/h1-3,6-7H,4-5H2,(H,14,15). The number of carbonyl (C=O) groups is 1. The van der Waals surface area contributed by atoms with Crippen LogP contribution < -0.4 is 0 Å². The van der Waals surface area contributed by atoms with E-state index in [4.69, 9.17) is 5.11 Å². The molecule has 4 nitrogen and oxygen atoms in total. The zero-order valence-corrected chi connectivity index (χ0v) is 9.28. The van der Waals surface area contributed by atoms with Crippen molar-refractivity contribution in [2.45, 2.75) is 12.8 Å². The minimum atomic E-state index is -0.904. The van der Waals surface area contributed by atoms with Gasteiger partial charge >= 0.3 is 5.97 Å². The first-order valence-electron chi connectivity index (χ1n) is 4.83. The fraction of sp³-hybridized carbons (Fsp3) is 0.182. The first-order valence-corrected chi connectivity index (χ1v) is 5.71. The van der Waals surface area contributed by atoms with Gasteiger partial charge in [0.15, 0.2) is 0 Å². The summed E-state index contributed by atoms with van der Waals surface area (Å²) in [5.74, 6) is -0.904. The molecule has 0 fully saturated rings. The van der Waals surface area contributed by atoms with E-state index in [0.29, 0.717) is 23.4 Å². The Kier molecular flexibility index (Phi) is 3.26. The van der Waals surface area contributed by atoms with Crippen molar-refractivity contribution in [3.05, 3.63) is 46.2 Å². The highest BCUT2D eigenvalue weighted by molar-refractivity contribution is 7.11. The van der Waals surface area contributed by atoms with E-state index < -0.39 is 5.97 Å². The first-order chi connectivity index (χ1) is 7.77. The molecule has 0 aliphatic rings. The molecule has 0 unspecified atom stereocenters. The van der Waals surface area contributed by atoms with Crippen LogP contribution in [0, 0.1) is 0 Å². The van der Waals surface area contributed by atoms with Gasteiger partial charge in [-0.1, -0.05) is 6.07 Å². The summed E-state index contributed by atoms with van der Waals surface area (Å²) in [5, 5.41) is 8.91. The smallest absolute Gasteiger partial charge is 0.347 e. The Morgan fingerprint density at radius 1 is 1.31 bits per heavy atom. The van der Waals surface area contributed by atoms with Gasteiger partial charge in [-0.3, -0.25) is 4.98 Å². The molecule has 5 heteroatoms. The van der Waals surface area contributed by atoms with Gasteiger partial charge < -0.3 is 5.11 Å². The van der Waals surface area contributed by atoms with Crippen molar-refractivity contribution >= 4 is 17.3 Å². The highest BCUT2D eigenvalue weighted by Gasteiger charge is 2.12. The number of thiazole rings is 1. The third-order valence-electron chi connectivity index (χ3n) is 2.18. The lowest BCUT2D eigenvalue weighted by atomic mass is 10.1. The van der Waals surface area contributed by atoms with Crippen LogP contribution >= 0.6 is 11.3 Å². The van der Waals surface area contributed by atoms with Gasteiger partial charge in [0, 0.05) is 11.9 Å². The normalized spacial score (nSPS) is 10.2. The number of rotatable bonds is 4. The zero-order chi connectivity index (χ0) is 11.4. The third kappa shape index (κ3) is 2.43. The van der Waals surface area contributed by atoms with E-state index in [1.54, 1.807) is 11.7 Å². The molecule has 0 saturated carbocycles. The number of carboxylic acids is 1. The van der Waals surface area contributed by atoms with Gasteiger partial charge in [-0.25, -0.2) is 9.78 Å². The molecule has 0 amide bonds. The molecule has 0 aliphatic carbocycles. The van der Waals surface area contributed by atoms with Crippen LogP contribution in [-0.4, -0.2) is 21.0 Å². The fourth-order valence-electron chi connectivity index (χ4n) is 1.41. The molecular formula is C11H10N2O2S. The van der Waals surface area contributed by atoms with Crippen molar-refractivity contribution in [1.29, 1.82) is 0 Å². The van der Waals surface area contributed by atoms with Crippen molar-refractivity contribution in [3.8, 4) is 0 Å². The number of aromatic nitrogens is 2. The number of pyridine rings is 1. The van der Waals surface area contributed by atoms with Gasteiger partial charge in [0.25, 0.3) is 0 Å². The van der Waals surface area contributed by atoms with Crippen LogP contribution in [0.2, 0.25) is 0 Å². The van der Waals surface area contributed by atoms with Crippen LogP contribution in [-0.2, 0) is 12.8 Å². The Morgan fingerprint density at radius 3 is 2.88 bits per heavy atom. The summed E-state index contributed by atoms with van der Waals surface area (Å²) in [6, 6.07) is 5.70. The number of carboxylic acid groups (broad SMARTS) is 1. The van der Waals surface area contributed by atoms with Crippen LogP contribution in [0.25, 0.3) is 0 Å². The van der Waals surface area contributed by atoms with E-state index >= 15 is 0 Å². The second-order valence-electron chi connectivity index (χ2n) is 3.25. The summed E-state index contributed by atoms with van der Waals surface area (Å²) in [7, 11) is 0. The van der Waals surface area contributed by atoms with E-state index in [1.165, 1.54) is 0 Å². The second-order valence-corrected chi connectivity index (χ2v) is 4.11. The number of hydrogen-bond acceptors (Lipinski definition) is 4. The van der Waals surface area contributed by atoms with Gasteiger partial charge in [-0.2, -0.15) is 0 Å². The summed E-state index contributed by atoms with van der Waals surface area (Å²) < 4.78 is 0. The van der Waals surface area contributed by atoms with Crippen LogP contribution in [0.15, 0.2) is 29.9 Å². The average molecular weight is 234 g/mol. The van der Waals surface area contributed by atoms with E-state index in [-0.39, 0.29) is 0 Å². The summed E-state index contributed by atoms with van der Waals surface area (Å²) >= 11 is 1.16. The molecule has 0 atom stereocenters. The Hall–Kier alpha value is -1.75. The maximum atomic E-state index is 10.8. The number of aromatic carboxylic acids is 1. The maximum absolute atomic E-state index is 10.8. The molecule has 1 N–H and O–H groups in total. The van der Waals surface area contributed by atoms with E-state index in [9.17, 15) is 4.79 Å². The largest absolute Gasteiger partial charge is 0.477 e. The van der Waals surface area contributed by atoms with Crippen molar-refractivity contribution in [2.24, 2.45) is 0 Å². The first kappa shape index (κ1) is 10.8. The molecule has 82 valence electrons. The molecule has 0 saturated heterocycles. The Balaban J connectivity index is 2.05. The molecule has 0 bridgehead atoms. The minimum Gasteiger partial charge on any atom is -0.477 e. The van der Waals surface area contributed by atoms with Crippen molar-refractivity contribution in [3.63, 3.8) is 0 Å². The zero-order valence-electron chi connectivity index (χ0n) is 8.46. The maximum Gasteiger partial charge on any atom is 0.347 e. The monoisotopic (exact) mass is 234 g/mol. The van der Waals surface area contributed by atoms with Gasteiger partial charge in [-0.15, -0.1) is 11.3 Å². The molecule has 2 aromatic rings. The van der Waals surface area contributed by atoms with Crippen LogP contribution in [0.5, 0.6) is 0 Å². The molecular weight excluding hydrogens is 224 g/mol. The SMILES string of the molecule is O=C(O)c1scnc1CCc1ccccn1. The predicted octanol–water partition coefficient (Wildman–Crippen LogP) is 2.02. The van der Waals surface area contributed by atoms with Gasteiger partial charge in [0.05, 0.1) is 11.2 Å². The van der Waals surface area contributed by atoms with Gasteiger partial charge in [0.1, 0.15) is 4.88 Å². The lowest BCUT2D eigenvalue weighted by Crippen LogP contribution is -2.01. The Morgan fingerprint density at radius 2 is 2.19 bits per heavy atom.